The Kier molecular flexibility index (Phi) is 4.39. The minimum Gasteiger partial charge on any atom is -0.495 e. The molecule has 0 fully saturated rings. The first-order chi connectivity index (χ1) is 8.94. The molecule has 2 aromatic rings. The zero-order valence-corrected chi connectivity index (χ0v) is 13.7. The molecule has 0 atom stereocenters. The average molecular weight is 383 g/mol. The lowest BCUT2D eigenvalue weighted by Gasteiger charge is -2.09. The Morgan fingerprint density at radius 2 is 2.11 bits per heavy atom. The Labute approximate surface area is 128 Å². The predicted octanol–water partition coefficient (Wildman–Crippen LogP) is 3.97. The summed E-state index contributed by atoms with van der Waals surface area (Å²) in [7, 11) is -2.15. The van der Waals surface area contributed by atoms with Crippen LogP contribution >= 0.6 is 38.9 Å². The number of ether oxygens (including phenoxy) is 1. The Balaban J connectivity index is 2.34. The third-order valence-electron chi connectivity index (χ3n) is 2.23. The topological polar surface area (TPSA) is 55.4 Å². The summed E-state index contributed by atoms with van der Waals surface area (Å²) in [6.07, 6.45) is 0. The van der Waals surface area contributed by atoms with E-state index in [-0.39, 0.29) is 4.21 Å². The second-order valence-electron chi connectivity index (χ2n) is 3.51. The maximum Gasteiger partial charge on any atom is 0.272 e. The van der Waals surface area contributed by atoms with Crippen LogP contribution in [0.15, 0.2) is 38.3 Å². The molecule has 0 aliphatic rings. The van der Waals surface area contributed by atoms with Crippen LogP contribution in [0.2, 0.25) is 5.02 Å². The van der Waals surface area contributed by atoms with Crippen molar-refractivity contribution in [3.63, 3.8) is 0 Å². The first kappa shape index (κ1) is 14.6. The number of hydrogen-bond acceptors (Lipinski definition) is 4. The quantitative estimate of drug-likeness (QED) is 0.870. The average Bonchev–Trinajstić information content (AvgIpc) is 2.78. The molecule has 0 radical (unpaired) electrons. The monoisotopic (exact) mass is 381 g/mol. The van der Waals surface area contributed by atoms with Crippen LogP contribution in [0.25, 0.3) is 0 Å². The van der Waals surface area contributed by atoms with Crippen molar-refractivity contribution in [3.8, 4) is 5.75 Å². The highest BCUT2D eigenvalue weighted by molar-refractivity contribution is 9.10. The normalized spacial score (nSPS) is 11.3. The van der Waals surface area contributed by atoms with Gasteiger partial charge < -0.3 is 4.74 Å². The maximum atomic E-state index is 12.2. The van der Waals surface area contributed by atoms with Crippen LogP contribution in [-0.4, -0.2) is 15.5 Å². The fraction of sp³-hybridized carbons (Fsp3) is 0.0909. The van der Waals surface area contributed by atoms with Crippen molar-refractivity contribution < 1.29 is 13.2 Å². The third kappa shape index (κ3) is 3.22. The van der Waals surface area contributed by atoms with Gasteiger partial charge in [-0.25, -0.2) is 8.42 Å². The molecule has 8 heteroatoms. The van der Waals surface area contributed by atoms with Crippen LogP contribution < -0.4 is 9.46 Å². The summed E-state index contributed by atoms with van der Waals surface area (Å²) >= 11 is 10.2. The Hall–Kier alpha value is -0.760. The third-order valence-corrected chi connectivity index (χ3v) is 6.60. The standard InChI is InChI=1S/C11H9BrClNO3S2/c1-17-10-6-7(2-3-9(10)13)14-19(15,16)11-8(12)4-5-18-11/h2-6,14H,1H3. The molecule has 1 aromatic heterocycles. The minimum absolute atomic E-state index is 0.224. The van der Waals surface area contributed by atoms with Crippen LogP contribution in [0, 0.1) is 0 Å². The van der Waals surface area contributed by atoms with E-state index in [1.54, 1.807) is 23.6 Å². The number of thiophene rings is 1. The summed E-state index contributed by atoms with van der Waals surface area (Å²) in [5.41, 5.74) is 0.390. The number of halogens is 2. The fourth-order valence-corrected chi connectivity index (χ4v) is 4.98. The molecule has 102 valence electrons. The van der Waals surface area contributed by atoms with E-state index in [1.807, 2.05) is 0 Å². The van der Waals surface area contributed by atoms with Gasteiger partial charge in [0.25, 0.3) is 10.0 Å². The lowest BCUT2D eigenvalue weighted by atomic mass is 10.3. The summed E-state index contributed by atoms with van der Waals surface area (Å²) in [5.74, 6) is 0.409. The Morgan fingerprint density at radius 3 is 2.68 bits per heavy atom. The number of methoxy groups -OCH3 is 1. The van der Waals surface area contributed by atoms with Crippen LogP contribution in [-0.2, 0) is 10.0 Å². The number of hydrogen-bond donors (Lipinski definition) is 1. The highest BCUT2D eigenvalue weighted by Gasteiger charge is 2.19. The molecule has 1 N–H and O–H groups in total. The van der Waals surface area contributed by atoms with Crippen molar-refractivity contribution in [2.75, 3.05) is 11.8 Å². The van der Waals surface area contributed by atoms with E-state index >= 15 is 0 Å². The molecule has 0 saturated heterocycles. The second kappa shape index (κ2) is 5.70. The molecule has 1 heterocycles. The van der Waals surface area contributed by atoms with Crippen LogP contribution in [0.1, 0.15) is 0 Å². The molecule has 1 aromatic carbocycles. The highest BCUT2D eigenvalue weighted by Crippen LogP contribution is 2.32. The molecule has 0 saturated carbocycles. The Bertz CT molecular complexity index is 700. The van der Waals surface area contributed by atoms with Gasteiger partial charge in [0.05, 0.1) is 17.8 Å². The number of sulfonamides is 1. The minimum atomic E-state index is -3.62. The van der Waals surface area contributed by atoms with Crippen LogP contribution in [0.4, 0.5) is 5.69 Å². The maximum absolute atomic E-state index is 12.2. The Morgan fingerprint density at radius 1 is 1.37 bits per heavy atom. The number of rotatable bonds is 4. The van der Waals surface area contributed by atoms with E-state index in [2.05, 4.69) is 20.7 Å². The van der Waals surface area contributed by atoms with Crippen molar-refractivity contribution in [2.24, 2.45) is 0 Å². The van der Waals surface area contributed by atoms with Crippen molar-refractivity contribution in [2.45, 2.75) is 4.21 Å². The molecule has 0 unspecified atom stereocenters. The largest absolute Gasteiger partial charge is 0.495 e. The van der Waals surface area contributed by atoms with Crippen molar-refractivity contribution in [1.82, 2.24) is 0 Å². The number of benzene rings is 1. The SMILES string of the molecule is COc1cc(NS(=O)(=O)c2sccc2Br)ccc1Cl. The smallest absolute Gasteiger partial charge is 0.272 e. The summed E-state index contributed by atoms with van der Waals surface area (Å²) in [6, 6.07) is 6.36. The van der Waals surface area contributed by atoms with Gasteiger partial charge in [0.15, 0.2) is 4.21 Å². The lowest BCUT2D eigenvalue weighted by molar-refractivity contribution is 0.415. The molecule has 2 rings (SSSR count). The highest BCUT2D eigenvalue weighted by atomic mass is 79.9. The van der Waals surface area contributed by atoms with Crippen LogP contribution in [0.5, 0.6) is 5.75 Å². The van der Waals surface area contributed by atoms with E-state index < -0.39 is 10.0 Å². The number of anilines is 1. The predicted molar refractivity (Wildman–Crippen MR) is 80.8 cm³/mol. The van der Waals surface area contributed by atoms with Crippen molar-refractivity contribution in [3.05, 3.63) is 39.1 Å². The van der Waals surface area contributed by atoms with Gasteiger partial charge in [-0.05, 0) is 39.5 Å². The van der Waals surface area contributed by atoms with Gasteiger partial charge in [0.1, 0.15) is 5.75 Å². The van der Waals surface area contributed by atoms with Gasteiger partial charge >= 0.3 is 0 Å². The molecule has 0 bridgehead atoms. The summed E-state index contributed by atoms with van der Waals surface area (Å²) in [4.78, 5) is 0. The van der Waals surface area contributed by atoms with Crippen molar-refractivity contribution in [1.29, 1.82) is 0 Å². The molecule has 0 aliphatic carbocycles. The lowest BCUT2D eigenvalue weighted by Crippen LogP contribution is -2.12. The molecule has 0 spiro atoms. The fourth-order valence-electron chi connectivity index (χ4n) is 1.40. The molecular weight excluding hydrogens is 374 g/mol. The van der Waals surface area contributed by atoms with E-state index in [9.17, 15) is 8.42 Å². The summed E-state index contributed by atoms with van der Waals surface area (Å²) in [6.45, 7) is 0. The van der Waals surface area contributed by atoms with Gasteiger partial charge in [-0.2, -0.15) is 0 Å². The molecule has 0 aliphatic heterocycles. The molecule has 4 nitrogen and oxygen atoms in total. The van der Waals surface area contributed by atoms with E-state index in [4.69, 9.17) is 16.3 Å². The first-order valence-corrected chi connectivity index (χ1v) is 8.57. The zero-order valence-electron chi connectivity index (χ0n) is 9.68. The van der Waals surface area contributed by atoms with E-state index in [1.165, 1.54) is 13.2 Å². The summed E-state index contributed by atoms with van der Waals surface area (Å²) < 4.78 is 32.6. The van der Waals surface area contributed by atoms with Gasteiger partial charge in [0.2, 0.25) is 0 Å². The molecule has 19 heavy (non-hydrogen) atoms. The second-order valence-corrected chi connectivity index (χ2v) is 7.57. The van der Waals surface area contributed by atoms with E-state index in [0.717, 1.165) is 11.3 Å². The molecule has 0 amide bonds. The van der Waals surface area contributed by atoms with E-state index in [0.29, 0.717) is 20.9 Å². The first-order valence-electron chi connectivity index (χ1n) is 5.03. The zero-order chi connectivity index (χ0) is 14.0. The van der Waals surface area contributed by atoms with Gasteiger partial charge in [-0.1, -0.05) is 11.6 Å². The van der Waals surface area contributed by atoms with Crippen molar-refractivity contribution >= 4 is 54.6 Å². The number of nitrogens with one attached hydrogen (secondary N) is 1. The molecular formula is C11H9BrClNO3S2. The van der Waals surface area contributed by atoms with Gasteiger partial charge in [-0.3, -0.25) is 4.72 Å². The summed E-state index contributed by atoms with van der Waals surface area (Å²) in [5, 5.41) is 2.11. The van der Waals surface area contributed by atoms with Crippen LogP contribution in [0.3, 0.4) is 0 Å². The van der Waals surface area contributed by atoms with Gasteiger partial charge in [-0.15, -0.1) is 11.3 Å². The van der Waals surface area contributed by atoms with Gasteiger partial charge in [0, 0.05) is 10.5 Å².